The third-order valence-corrected chi connectivity index (χ3v) is 2.83. The molecule has 0 bridgehead atoms. The second-order valence-corrected chi connectivity index (χ2v) is 4.97. The first kappa shape index (κ1) is 10.0. The second-order valence-electron chi connectivity index (χ2n) is 4.97. The van der Waals surface area contributed by atoms with Gasteiger partial charge in [-0.05, 0) is 30.6 Å². The van der Waals surface area contributed by atoms with Gasteiger partial charge in [0, 0.05) is 13.6 Å². The zero-order chi connectivity index (χ0) is 9.19. The summed E-state index contributed by atoms with van der Waals surface area (Å²) in [4.78, 5) is 0. The lowest BCUT2D eigenvalue weighted by molar-refractivity contribution is -0.0833. The van der Waals surface area contributed by atoms with Gasteiger partial charge in [-0.3, -0.25) is 0 Å². The number of nitrogens with zero attached hydrogens (tertiary/aromatic N) is 1. The van der Waals surface area contributed by atoms with E-state index in [4.69, 9.17) is 5.21 Å². The van der Waals surface area contributed by atoms with Crippen LogP contribution in [0.5, 0.6) is 0 Å². The van der Waals surface area contributed by atoms with Crippen molar-refractivity contribution in [3.05, 3.63) is 0 Å². The maximum atomic E-state index is 9.11. The van der Waals surface area contributed by atoms with E-state index >= 15 is 0 Å². The van der Waals surface area contributed by atoms with Crippen molar-refractivity contribution in [3.8, 4) is 0 Å². The summed E-state index contributed by atoms with van der Waals surface area (Å²) in [5, 5.41) is 10.4. The Morgan fingerprint density at radius 3 is 2.67 bits per heavy atom. The molecular formula is C10H21NO. The quantitative estimate of drug-likeness (QED) is 0.645. The summed E-state index contributed by atoms with van der Waals surface area (Å²) in [6.45, 7) is 5.50. The average molecular weight is 171 g/mol. The first-order valence-corrected chi connectivity index (χ1v) is 4.90. The molecule has 0 heterocycles. The van der Waals surface area contributed by atoms with Crippen molar-refractivity contribution < 1.29 is 5.21 Å². The fourth-order valence-corrected chi connectivity index (χ4v) is 2.38. The van der Waals surface area contributed by atoms with Gasteiger partial charge in [-0.2, -0.15) is 5.06 Å². The van der Waals surface area contributed by atoms with Crippen LogP contribution < -0.4 is 0 Å². The number of hydrogen-bond donors (Lipinski definition) is 1. The minimum absolute atomic E-state index is 0.499. The summed E-state index contributed by atoms with van der Waals surface area (Å²) in [6.07, 6.45) is 5.22. The Morgan fingerprint density at radius 1 is 1.50 bits per heavy atom. The van der Waals surface area contributed by atoms with E-state index in [-0.39, 0.29) is 0 Å². The second kappa shape index (κ2) is 3.75. The first-order chi connectivity index (χ1) is 5.49. The normalized spacial score (nSPS) is 29.2. The molecule has 1 aliphatic rings. The lowest BCUT2D eigenvalue weighted by Gasteiger charge is -2.35. The molecule has 0 saturated heterocycles. The van der Waals surface area contributed by atoms with E-state index < -0.39 is 0 Å². The summed E-state index contributed by atoms with van der Waals surface area (Å²) >= 11 is 0. The van der Waals surface area contributed by atoms with Crippen molar-refractivity contribution in [1.82, 2.24) is 5.06 Å². The summed E-state index contributed by atoms with van der Waals surface area (Å²) in [7, 11) is 1.74. The van der Waals surface area contributed by atoms with Gasteiger partial charge in [0.05, 0.1) is 0 Å². The largest absolute Gasteiger partial charge is 0.314 e. The Hall–Kier alpha value is -0.0800. The van der Waals surface area contributed by atoms with E-state index in [0.29, 0.717) is 11.3 Å². The molecule has 0 spiro atoms. The van der Waals surface area contributed by atoms with Crippen LogP contribution in [-0.2, 0) is 0 Å². The molecule has 1 saturated carbocycles. The average Bonchev–Trinajstić information content (AvgIpc) is 1.82. The van der Waals surface area contributed by atoms with Crippen LogP contribution in [0.1, 0.15) is 39.5 Å². The van der Waals surface area contributed by atoms with E-state index in [1.165, 1.54) is 30.7 Å². The Balaban J connectivity index is 2.36. The van der Waals surface area contributed by atoms with E-state index in [1.807, 2.05) is 0 Å². The number of hydrogen-bond acceptors (Lipinski definition) is 2. The van der Waals surface area contributed by atoms with Crippen molar-refractivity contribution in [2.24, 2.45) is 11.3 Å². The van der Waals surface area contributed by atoms with Gasteiger partial charge in [0.15, 0.2) is 0 Å². The van der Waals surface area contributed by atoms with E-state index in [0.717, 1.165) is 6.54 Å². The highest BCUT2D eigenvalue weighted by Gasteiger charge is 2.28. The Bertz CT molecular complexity index is 143. The van der Waals surface area contributed by atoms with Gasteiger partial charge < -0.3 is 5.21 Å². The summed E-state index contributed by atoms with van der Waals surface area (Å²) < 4.78 is 0. The molecule has 0 aromatic rings. The molecule has 0 aromatic heterocycles. The van der Waals surface area contributed by atoms with E-state index in [1.54, 1.807) is 7.05 Å². The fourth-order valence-electron chi connectivity index (χ4n) is 2.38. The molecule has 2 heteroatoms. The van der Waals surface area contributed by atoms with Gasteiger partial charge in [-0.1, -0.05) is 20.3 Å². The van der Waals surface area contributed by atoms with Gasteiger partial charge in [-0.15, -0.1) is 0 Å². The van der Waals surface area contributed by atoms with Crippen LogP contribution in [0.2, 0.25) is 0 Å². The maximum absolute atomic E-state index is 9.11. The minimum Gasteiger partial charge on any atom is -0.314 e. The smallest absolute Gasteiger partial charge is 0.0263 e. The molecule has 72 valence electrons. The molecule has 12 heavy (non-hydrogen) atoms. The molecule has 1 fully saturated rings. The maximum Gasteiger partial charge on any atom is 0.0263 e. The summed E-state index contributed by atoms with van der Waals surface area (Å²) in [5.74, 6) is 0.698. The molecule has 1 N–H and O–H groups in total. The zero-order valence-electron chi connectivity index (χ0n) is 8.51. The van der Waals surface area contributed by atoms with Crippen molar-refractivity contribution >= 4 is 0 Å². The molecular weight excluding hydrogens is 150 g/mol. The molecule has 1 aliphatic carbocycles. The van der Waals surface area contributed by atoms with Crippen molar-refractivity contribution in [2.45, 2.75) is 39.5 Å². The topological polar surface area (TPSA) is 23.5 Å². The van der Waals surface area contributed by atoms with Gasteiger partial charge in [-0.25, -0.2) is 0 Å². The van der Waals surface area contributed by atoms with Crippen molar-refractivity contribution in [2.75, 3.05) is 13.6 Å². The summed E-state index contributed by atoms with van der Waals surface area (Å²) in [5.41, 5.74) is 0.499. The van der Waals surface area contributed by atoms with Crippen LogP contribution >= 0.6 is 0 Å². The molecule has 2 nitrogen and oxygen atoms in total. The molecule has 0 radical (unpaired) electrons. The van der Waals surface area contributed by atoms with E-state index in [9.17, 15) is 0 Å². The zero-order valence-corrected chi connectivity index (χ0v) is 8.51. The molecule has 1 unspecified atom stereocenters. The number of hydroxylamine groups is 2. The minimum atomic E-state index is 0.499. The molecule has 1 rings (SSSR count). The lowest BCUT2D eigenvalue weighted by atomic mass is 9.72. The van der Waals surface area contributed by atoms with Crippen molar-refractivity contribution in [3.63, 3.8) is 0 Å². The van der Waals surface area contributed by atoms with Crippen LogP contribution in [0.4, 0.5) is 0 Å². The van der Waals surface area contributed by atoms with Crippen LogP contribution in [0, 0.1) is 11.3 Å². The number of rotatable bonds is 2. The fraction of sp³-hybridized carbons (Fsp3) is 1.00. The van der Waals surface area contributed by atoms with E-state index in [2.05, 4.69) is 13.8 Å². The highest BCUT2D eigenvalue weighted by atomic mass is 16.5. The van der Waals surface area contributed by atoms with Crippen LogP contribution in [-0.4, -0.2) is 23.9 Å². The van der Waals surface area contributed by atoms with Crippen LogP contribution in [0.3, 0.4) is 0 Å². The highest BCUT2D eigenvalue weighted by molar-refractivity contribution is 4.79. The monoisotopic (exact) mass is 171 g/mol. The van der Waals surface area contributed by atoms with Gasteiger partial charge in [0.1, 0.15) is 0 Å². The predicted molar refractivity (Wildman–Crippen MR) is 50.2 cm³/mol. The predicted octanol–water partition coefficient (Wildman–Crippen LogP) is 2.52. The van der Waals surface area contributed by atoms with Gasteiger partial charge in [0.2, 0.25) is 0 Å². The SMILES string of the molecule is CN(O)CC1CCCC(C)(C)C1. The first-order valence-electron chi connectivity index (χ1n) is 4.90. The van der Waals surface area contributed by atoms with Gasteiger partial charge >= 0.3 is 0 Å². The molecule has 1 atom stereocenters. The van der Waals surface area contributed by atoms with Crippen molar-refractivity contribution in [1.29, 1.82) is 0 Å². The standard InChI is InChI=1S/C10H21NO/c1-10(2)6-4-5-9(7-10)8-11(3)12/h9,12H,4-8H2,1-3H3. The Morgan fingerprint density at radius 2 is 2.17 bits per heavy atom. The third-order valence-electron chi connectivity index (χ3n) is 2.83. The lowest BCUT2D eigenvalue weighted by Crippen LogP contribution is -2.30. The Kier molecular flexibility index (Phi) is 3.13. The van der Waals surface area contributed by atoms with Crippen LogP contribution in [0.15, 0.2) is 0 Å². The van der Waals surface area contributed by atoms with Crippen LogP contribution in [0.25, 0.3) is 0 Å². The van der Waals surface area contributed by atoms with Gasteiger partial charge in [0.25, 0.3) is 0 Å². The highest BCUT2D eigenvalue weighted by Crippen LogP contribution is 2.38. The Labute approximate surface area is 75.5 Å². The molecule has 0 aliphatic heterocycles. The summed E-state index contributed by atoms with van der Waals surface area (Å²) in [6, 6.07) is 0. The third kappa shape index (κ3) is 3.11. The molecule has 0 amide bonds. The molecule has 0 aromatic carbocycles.